The molecule has 1 aliphatic rings. The van der Waals surface area contributed by atoms with Crippen molar-refractivity contribution in [1.82, 2.24) is 15.6 Å². The van der Waals surface area contributed by atoms with E-state index < -0.39 is 9.84 Å². The number of amides is 1. The van der Waals surface area contributed by atoms with Crippen LogP contribution in [0.5, 0.6) is 5.75 Å². The number of benzene rings is 1. The third-order valence-electron chi connectivity index (χ3n) is 4.85. The minimum atomic E-state index is -3.83. The fraction of sp³-hybridized carbons (Fsp3) is 0.400. The van der Waals surface area contributed by atoms with E-state index in [1.54, 1.807) is 18.2 Å². The average molecular weight is 472 g/mol. The molecule has 0 atom stereocenters. The van der Waals surface area contributed by atoms with E-state index in [1.807, 2.05) is 0 Å². The molecule has 2 aromatic rings. The third-order valence-corrected chi connectivity index (χ3v) is 6.51. The summed E-state index contributed by atoms with van der Waals surface area (Å²) >= 11 is 0. The molecule has 1 aromatic carbocycles. The van der Waals surface area contributed by atoms with Crippen LogP contribution in [0.4, 0.5) is 0 Å². The zero-order chi connectivity index (χ0) is 21.6. The molecule has 3 rings (SSSR count). The second-order valence-electron chi connectivity index (χ2n) is 7.03. The Kier molecular flexibility index (Phi) is 9.20. The highest BCUT2D eigenvalue weighted by atomic mass is 35.5. The van der Waals surface area contributed by atoms with Crippen molar-refractivity contribution in [3.63, 3.8) is 0 Å². The van der Waals surface area contributed by atoms with Crippen LogP contribution in [0, 0.1) is 5.92 Å². The number of halogens is 1. The Balaban J connectivity index is 0.00000341. The SMILES string of the molecule is COc1ccc(S(=O)(=O)c2cc(CN(O)NC(=O)CC3CCOCC3)ccn2)cc1.Cl. The molecular formula is C20H26ClN3O6S. The first-order chi connectivity index (χ1) is 14.4. The number of nitrogens with zero attached hydrogens (tertiary/aromatic N) is 2. The van der Waals surface area contributed by atoms with Crippen LogP contribution in [0.1, 0.15) is 24.8 Å². The summed E-state index contributed by atoms with van der Waals surface area (Å²) < 4.78 is 35.9. The maximum atomic E-state index is 12.8. The molecule has 2 heterocycles. The number of ether oxygens (including phenoxy) is 2. The zero-order valence-corrected chi connectivity index (χ0v) is 18.7. The topological polar surface area (TPSA) is 118 Å². The van der Waals surface area contributed by atoms with Crippen LogP contribution in [0.3, 0.4) is 0 Å². The van der Waals surface area contributed by atoms with Crippen molar-refractivity contribution >= 4 is 28.2 Å². The molecule has 0 bridgehead atoms. The highest BCUT2D eigenvalue weighted by Gasteiger charge is 2.21. The lowest BCUT2D eigenvalue weighted by Gasteiger charge is -2.22. The van der Waals surface area contributed by atoms with E-state index in [9.17, 15) is 18.4 Å². The Hall–Kier alpha value is -2.24. The first-order valence-corrected chi connectivity index (χ1v) is 11.0. The number of methoxy groups -OCH3 is 1. The van der Waals surface area contributed by atoms with Gasteiger partial charge in [-0.3, -0.25) is 15.4 Å². The minimum absolute atomic E-state index is 0. The Morgan fingerprint density at radius 1 is 1.26 bits per heavy atom. The lowest BCUT2D eigenvalue weighted by molar-refractivity contribution is -0.166. The molecule has 1 saturated heterocycles. The van der Waals surface area contributed by atoms with Crippen molar-refractivity contribution in [3.05, 3.63) is 48.2 Å². The third kappa shape index (κ3) is 6.88. The number of hydrazine groups is 1. The van der Waals surface area contributed by atoms with E-state index in [0.29, 0.717) is 36.1 Å². The second-order valence-corrected chi connectivity index (χ2v) is 8.93. The largest absolute Gasteiger partial charge is 0.497 e. The standard InChI is InChI=1S/C20H25N3O6S.ClH/c1-28-17-2-4-18(5-3-17)30(26,27)20-13-16(6-9-21-20)14-23(25)22-19(24)12-15-7-10-29-11-8-15;/h2-6,9,13,15,25H,7-8,10-12,14H2,1H3,(H,22,24);1H. The number of aromatic nitrogens is 1. The Morgan fingerprint density at radius 2 is 1.94 bits per heavy atom. The number of sulfone groups is 1. The highest BCUT2D eigenvalue weighted by molar-refractivity contribution is 7.91. The van der Waals surface area contributed by atoms with E-state index in [1.165, 1.54) is 31.5 Å². The molecule has 0 aliphatic carbocycles. The summed E-state index contributed by atoms with van der Waals surface area (Å²) in [4.78, 5) is 16.1. The quantitative estimate of drug-likeness (QED) is 0.563. The van der Waals surface area contributed by atoms with Gasteiger partial charge < -0.3 is 9.47 Å². The molecule has 31 heavy (non-hydrogen) atoms. The van der Waals surface area contributed by atoms with Gasteiger partial charge in [0.15, 0.2) is 5.03 Å². The van der Waals surface area contributed by atoms with Crippen molar-refractivity contribution in [3.8, 4) is 5.75 Å². The molecule has 0 spiro atoms. The Morgan fingerprint density at radius 3 is 2.58 bits per heavy atom. The minimum Gasteiger partial charge on any atom is -0.497 e. The highest BCUT2D eigenvalue weighted by Crippen LogP contribution is 2.22. The monoisotopic (exact) mass is 471 g/mol. The smallest absolute Gasteiger partial charge is 0.236 e. The van der Waals surface area contributed by atoms with Crippen LogP contribution in [0.15, 0.2) is 52.5 Å². The van der Waals surface area contributed by atoms with Gasteiger partial charge in [-0.25, -0.2) is 13.4 Å². The summed E-state index contributed by atoms with van der Waals surface area (Å²) in [6.45, 7) is 1.19. The van der Waals surface area contributed by atoms with Crippen LogP contribution in [-0.4, -0.2) is 50.0 Å². The predicted octanol–water partition coefficient (Wildman–Crippen LogP) is 2.38. The lowest BCUT2D eigenvalue weighted by atomic mass is 9.96. The van der Waals surface area contributed by atoms with Crippen LogP contribution < -0.4 is 10.2 Å². The predicted molar refractivity (Wildman–Crippen MR) is 114 cm³/mol. The van der Waals surface area contributed by atoms with Gasteiger partial charge in [0.2, 0.25) is 15.7 Å². The molecule has 170 valence electrons. The van der Waals surface area contributed by atoms with Gasteiger partial charge in [0, 0.05) is 25.8 Å². The maximum absolute atomic E-state index is 12.8. The van der Waals surface area contributed by atoms with Crippen molar-refractivity contribution in [2.24, 2.45) is 5.92 Å². The molecule has 0 unspecified atom stereocenters. The number of hydrogen-bond acceptors (Lipinski definition) is 8. The second kappa shape index (κ2) is 11.4. The first-order valence-electron chi connectivity index (χ1n) is 9.56. The van der Waals surface area contributed by atoms with Crippen molar-refractivity contribution in [2.75, 3.05) is 20.3 Å². The normalized spacial score (nSPS) is 14.7. The van der Waals surface area contributed by atoms with Gasteiger partial charge in [-0.15, -0.1) is 12.4 Å². The van der Waals surface area contributed by atoms with Gasteiger partial charge in [-0.05, 0) is 60.7 Å². The fourth-order valence-electron chi connectivity index (χ4n) is 3.19. The van der Waals surface area contributed by atoms with E-state index in [0.717, 1.165) is 12.8 Å². The van der Waals surface area contributed by atoms with Gasteiger partial charge in [-0.1, -0.05) is 5.17 Å². The molecule has 0 saturated carbocycles. The number of hydroxylamine groups is 1. The lowest BCUT2D eigenvalue weighted by Crippen LogP contribution is -2.40. The van der Waals surface area contributed by atoms with Gasteiger partial charge in [-0.2, -0.15) is 0 Å². The van der Waals surface area contributed by atoms with Crippen LogP contribution in [-0.2, 0) is 25.9 Å². The molecule has 2 N–H and O–H groups in total. The summed E-state index contributed by atoms with van der Waals surface area (Å²) in [6, 6.07) is 8.93. The zero-order valence-electron chi connectivity index (χ0n) is 17.1. The van der Waals surface area contributed by atoms with E-state index >= 15 is 0 Å². The number of nitrogens with one attached hydrogen (secondary N) is 1. The summed E-state index contributed by atoms with van der Waals surface area (Å²) in [5.74, 6) is 0.474. The molecule has 1 aromatic heterocycles. The van der Waals surface area contributed by atoms with Gasteiger partial charge in [0.05, 0.1) is 18.6 Å². The summed E-state index contributed by atoms with van der Waals surface area (Å²) in [7, 11) is -2.33. The molecule has 9 nitrogen and oxygen atoms in total. The Bertz CT molecular complexity index is 965. The van der Waals surface area contributed by atoms with E-state index in [2.05, 4.69) is 10.4 Å². The van der Waals surface area contributed by atoms with Crippen molar-refractivity contribution in [1.29, 1.82) is 0 Å². The molecular weight excluding hydrogens is 446 g/mol. The van der Waals surface area contributed by atoms with Crippen molar-refractivity contribution < 1.29 is 27.9 Å². The van der Waals surface area contributed by atoms with E-state index in [-0.39, 0.29) is 40.7 Å². The number of pyridine rings is 1. The van der Waals surface area contributed by atoms with Crippen molar-refractivity contribution in [2.45, 2.75) is 35.7 Å². The first kappa shape index (κ1) is 25.0. The number of carbonyl (C=O) groups excluding carboxylic acids is 1. The Labute approximate surface area is 187 Å². The molecule has 11 heteroatoms. The van der Waals surface area contributed by atoms with Gasteiger partial charge in [0.25, 0.3) is 0 Å². The molecule has 1 aliphatic heterocycles. The maximum Gasteiger partial charge on any atom is 0.236 e. The van der Waals surface area contributed by atoms with Gasteiger partial charge >= 0.3 is 0 Å². The van der Waals surface area contributed by atoms with Crippen LogP contribution in [0.2, 0.25) is 0 Å². The molecule has 1 fully saturated rings. The molecule has 1 amide bonds. The fourth-order valence-corrected chi connectivity index (χ4v) is 4.43. The summed E-state index contributed by atoms with van der Waals surface area (Å²) in [6.07, 6.45) is 3.28. The van der Waals surface area contributed by atoms with E-state index in [4.69, 9.17) is 9.47 Å². The van der Waals surface area contributed by atoms with Crippen LogP contribution in [0.25, 0.3) is 0 Å². The average Bonchev–Trinajstić information content (AvgIpc) is 2.74. The number of carbonyl (C=O) groups is 1. The van der Waals surface area contributed by atoms with Gasteiger partial charge in [0.1, 0.15) is 5.75 Å². The number of rotatable bonds is 8. The molecule has 0 radical (unpaired) electrons. The summed E-state index contributed by atoms with van der Waals surface area (Å²) in [5, 5.41) is 10.6. The summed E-state index contributed by atoms with van der Waals surface area (Å²) in [5.41, 5.74) is 2.88. The van der Waals surface area contributed by atoms with Crippen LogP contribution >= 0.6 is 12.4 Å². The number of hydrogen-bond donors (Lipinski definition) is 2.